The quantitative estimate of drug-likeness (QED) is 0.760. The first-order chi connectivity index (χ1) is 11.1. The van der Waals surface area contributed by atoms with E-state index >= 15 is 0 Å². The van der Waals surface area contributed by atoms with Gasteiger partial charge in [0.1, 0.15) is 18.5 Å². The second-order valence-corrected chi connectivity index (χ2v) is 5.78. The Morgan fingerprint density at radius 2 is 2.09 bits per heavy atom. The number of carbonyl (C=O) groups excluding carboxylic acids is 1. The predicted molar refractivity (Wildman–Crippen MR) is 87.6 cm³/mol. The van der Waals surface area contributed by atoms with Crippen LogP contribution in [-0.2, 0) is 6.54 Å². The minimum absolute atomic E-state index is 0.243. The van der Waals surface area contributed by atoms with Crippen molar-refractivity contribution in [2.45, 2.75) is 6.54 Å². The number of amides is 1. The molecule has 3 aromatic rings. The molecule has 0 aliphatic heterocycles. The van der Waals surface area contributed by atoms with Crippen LogP contribution in [0.2, 0.25) is 0 Å². The van der Waals surface area contributed by atoms with E-state index in [0.29, 0.717) is 16.7 Å². The zero-order chi connectivity index (χ0) is 16.2. The number of hydrogen-bond acceptors (Lipinski definition) is 3. The molecule has 0 atom stereocenters. The van der Waals surface area contributed by atoms with E-state index < -0.39 is 5.82 Å². The Morgan fingerprint density at radius 3 is 2.83 bits per heavy atom. The number of aromatic nitrogens is 3. The summed E-state index contributed by atoms with van der Waals surface area (Å²) in [6.45, 7) is 0.475. The van der Waals surface area contributed by atoms with Crippen molar-refractivity contribution in [3.8, 4) is 0 Å². The normalized spacial score (nSPS) is 10.5. The number of benzene rings is 2. The highest BCUT2D eigenvalue weighted by Crippen LogP contribution is 2.19. The van der Waals surface area contributed by atoms with Crippen molar-refractivity contribution < 1.29 is 9.18 Å². The van der Waals surface area contributed by atoms with Crippen LogP contribution in [0, 0.1) is 5.82 Å². The lowest BCUT2D eigenvalue weighted by atomic mass is 10.1. The van der Waals surface area contributed by atoms with Gasteiger partial charge in [-0.1, -0.05) is 34.1 Å². The molecular weight excluding hydrogens is 363 g/mol. The van der Waals surface area contributed by atoms with Crippen LogP contribution in [0.3, 0.4) is 0 Å². The Balaban J connectivity index is 1.83. The van der Waals surface area contributed by atoms with E-state index in [1.54, 1.807) is 23.1 Å². The molecule has 0 saturated heterocycles. The monoisotopic (exact) mass is 374 g/mol. The maximum atomic E-state index is 13.4. The Hall–Kier alpha value is -2.54. The summed E-state index contributed by atoms with van der Waals surface area (Å²) in [5.41, 5.74) is 1.77. The number of nitrogens with zero attached hydrogens (tertiary/aromatic N) is 3. The van der Waals surface area contributed by atoms with Gasteiger partial charge in [0.2, 0.25) is 0 Å². The van der Waals surface area contributed by atoms with Crippen LogP contribution in [0.4, 0.5) is 10.1 Å². The first-order valence-electron chi connectivity index (χ1n) is 6.79. The zero-order valence-electron chi connectivity index (χ0n) is 11.9. The van der Waals surface area contributed by atoms with Crippen LogP contribution < -0.4 is 5.32 Å². The Labute approximate surface area is 140 Å². The lowest BCUT2D eigenvalue weighted by Crippen LogP contribution is -2.14. The second-order valence-electron chi connectivity index (χ2n) is 4.86. The van der Waals surface area contributed by atoms with Crippen molar-refractivity contribution in [1.82, 2.24) is 14.8 Å². The van der Waals surface area contributed by atoms with Gasteiger partial charge in [-0.25, -0.2) is 14.1 Å². The summed E-state index contributed by atoms with van der Waals surface area (Å²) in [5, 5.41) is 6.86. The highest BCUT2D eigenvalue weighted by molar-refractivity contribution is 9.10. The Bertz CT molecular complexity index is 816. The predicted octanol–water partition coefficient (Wildman–Crippen LogP) is 3.48. The number of hydrogen-bond donors (Lipinski definition) is 1. The molecule has 0 radical (unpaired) electrons. The molecule has 0 spiro atoms. The van der Waals surface area contributed by atoms with Gasteiger partial charge in [-0.3, -0.25) is 4.79 Å². The molecule has 0 fully saturated rings. The van der Waals surface area contributed by atoms with E-state index in [9.17, 15) is 9.18 Å². The van der Waals surface area contributed by atoms with Gasteiger partial charge in [0.15, 0.2) is 0 Å². The van der Waals surface area contributed by atoms with E-state index in [2.05, 4.69) is 31.3 Å². The van der Waals surface area contributed by atoms with Crippen LogP contribution in [0.25, 0.3) is 0 Å². The molecule has 0 aliphatic rings. The summed E-state index contributed by atoms with van der Waals surface area (Å²) < 4.78 is 15.6. The Morgan fingerprint density at radius 1 is 1.26 bits per heavy atom. The fourth-order valence-electron chi connectivity index (χ4n) is 2.15. The first-order valence-corrected chi connectivity index (χ1v) is 7.59. The highest BCUT2D eigenvalue weighted by Gasteiger charge is 2.11. The fraction of sp³-hybridized carbons (Fsp3) is 0.0625. The SMILES string of the molecule is O=C(Nc1ccccc1Cn1cncn1)c1cc(F)cc(Br)c1. The summed E-state index contributed by atoms with van der Waals surface area (Å²) in [6.07, 6.45) is 3.05. The fourth-order valence-corrected chi connectivity index (χ4v) is 2.61. The third kappa shape index (κ3) is 3.81. The number of anilines is 1. The molecule has 2 aromatic carbocycles. The highest BCUT2D eigenvalue weighted by atomic mass is 79.9. The summed E-state index contributed by atoms with van der Waals surface area (Å²) in [7, 11) is 0. The molecule has 1 heterocycles. The first kappa shape index (κ1) is 15.4. The standard InChI is InChI=1S/C16H12BrFN4O/c17-13-5-12(6-14(18)7-13)16(23)21-15-4-2-1-3-11(15)8-22-10-19-9-20-22/h1-7,9-10H,8H2,(H,21,23). The molecule has 0 saturated carbocycles. The maximum absolute atomic E-state index is 13.4. The molecule has 0 aliphatic carbocycles. The minimum Gasteiger partial charge on any atom is -0.322 e. The van der Waals surface area contributed by atoms with Gasteiger partial charge >= 0.3 is 0 Å². The number of halogens is 2. The van der Waals surface area contributed by atoms with Crippen molar-refractivity contribution in [2.24, 2.45) is 0 Å². The molecule has 116 valence electrons. The topological polar surface area (TPSA) is 59.8 Å². The average molecular weight is 375 g/mol. The van der Waals surface area contributed by atoms with Gasteiger partial charge in [0.05, 0.1) is 6.54 Å². The largest absolute Gasteiger partial charge is 0.322 e. The number of nitrogens with one attached hydrogen (secondary N) is 1. The van der Waals surface area contributed by atoms with Crippen molar-refractivity contribution in [3.63, 3.8) is 0 Å². The smallest absolute Gasteiger partial charge is 0.255 e. The summed E-state index contributed by atoms with van der Waals surface area (Å²) >= 11 is 3.18. The molecule has 7 heteroatoms. The van der Waals surface area contributed by atoms with Gasteiger partial charge < -0.3 is 5.32 Å². The molecule has 23 heavy (non-hydrogen) atoms. The van der Waals surface area contributed by atoms with Gasteiger partial charge in [0, 0.05) is 15.7 Å². The molecule has 1 aromatic heterocycles. The second kappa shape index (κ2) is 6.70. The molecule has 0 unspecified atom stereocenters. The lowest BCUT2D eigenvalue weighted by Gasteiger charge is -2.11. The van der Waals surface area contributed by atoms with Crippen LogP contribution in [-0.4, -0.2) is 20.7 Å². The summed E-state index contributed by atoms with van der Waals surface area (Å²) in [4.78, 5) is 16.2. The van der Waals surface area contributed by atoms with E-state index in [-0.39, 0.29) is 11.5 Å². The molecular formula is C16H12BrFN4O. The molecule has 0 bridgehead atoms. The van der Waals surface area contributed by atoms with E-state index in [1.807, 2.05) is 18.2 Å². The third-order valence-electron chi connectivity index (χ3n) is 3.19. The van der Waals surface area contributed by atoms with Crippen LogP contribution in [0.5, 0.6) is 0 Å². The lowest BCUT2D eigenvalue weighted by molar-refractivity contribution is 0.102. The van der Waals surface area contributed by atoms with Crippen LogP contribution >= 0.6 is 15.9 Å². The summed E-state index contributed by atoms with van der Waals surface area (Å²) in [5.74, 6) is -0.850. The Kier molecular flexibility index (Phi) is 4.47. The number of carbonyl (C=O) groups is 1. The van der Waals surface area contributed by atoms with Gasteiger partial charge in [-0.2, -0.15) is 5.10 Å². The number of para-hydroxylation sites is 1. The van der Waals surface area contributed by atoms with E-state index in [4.69, 9.17) is 0 Å². The zero-order valence-corrected chi connectivity index (χ0v) is 13.5. The molecule has 1 amide bonds. The van der Waals surface area contributed by atoms with Crippen molar-refractivity contribution in [1.29, 1.82) is 0 Å². The van der Waals surface area contributed by atoms with Gasteiger partial charge in [-0.15, -0.1) is 0 Å². The van der Waals surface area contributed by atoms with Crippen LogP contribution in [0.15, 0.2) is 59.6 Å². The van der Waals surface area contributed by atoms with Crippen LogP contribution in [0.1, 0.15) is 15.9 Å². The molecule has 3 rings (SSSR count). The van der Waals surface area contributed by atoms with E-state index in [0.717, 1.165) is 5.56 Å². The third-order valence-corrected chi connectivity index (χ3v) is 3.65. The molecule has 1 N–H and O–H groups in total. The van der Waals surface area contributed by atoms with Gasteiger partial charge in [-0.05, 0) is 29.8 Å². The maximum Gasteiger partial charge on any atom is 0.255 e. The average Bonchev–Trinajstić information content (AvgIpc) is 3.01. The van der Waals surface area contributed by atoms with E-state index in [1.165, 1.54) is 18.5 Å². The van der Waals surface area contributed by atoms with Crippen molar-refractivity contribution in [2.75, 3.05) is 5.32 Å². The molecule has 5 nitrogen and oxygen atoms in total. The van der Waals surface area contributed by atoms with Crippen molar-refractivity contribution >= 4 is 27.5 Å². The number of rotatable bonds is 4. The van der Waals surface area contributed by atoms with Gasteiger partial charge in [0.25, 0.3) is 5.91 Å². The minimum atomic E-state index is -0.472. The van der Waals surface area contributed by atoms with Crippen molar-refractivity contribution in [3.05, 3.63) is 76.5 Å². The summed E-state index contributed by atoms with van der Waals surface area (Å²) in [6, 6.07) is 11.4.